The van der Waals surface area contributed by atoms with Gasteiger partial charge in [-0.05, 0) is 47.0 Å². The molecule has 0 amide bonds. The number of anilines is 1. The molecule has 0 bridgehead atoms. The monoisotopic (exact) mass is 293 g/mol. The van der Waals surface area contributed by atoms with Crippen molar-refractivity contribution in [3.63, 3.8) is 0 Å². The summed E-state index contributed by atoms with van der Waals surface area (Å²) in [5.41, 5.74) is 2.42. The van der Waals surface area contributed by atoms with Crippen LogP contribution in [0.25, 0.3) is 0 Å². The van der Waals surface area contributed by atoms with Crippen molar-refractivity contribution >= 4 is 5.69 Å². The van der Waals surface area contributed by atoms with E-state index in [0.717, 1.165) is 30.2 Å². The summed E-state index contributed by atoms with van der Waals surface area (Å²) in [6.07, 6.45) is -0.181. The summed E-state index contributed by atoms with van der Waals surface area (Å²) < 4.78 is 5.72. The lowest BCUT2D eigenvalue weighted by molar-refractivity contribution is -0.0928. The van der Waals surface area contributed by atoms with Crippen molar-refractivity contribution in [2.45, 2.75) is 39.0 Å². The van der Waals surface area contributed by atoms with E-state index < -0.39 is 5.60 Å². The molecule has 0 unspecified atom stereocenters. The second-order valence-corrected chi connectivity index (χ2v) is 6.62. The number of nitrogens with zero attached hydrogens (tertiary/aromatic N) is 3. The number of hydrogen-bond donors (Lipinski definition) is 1. The van der Waals surface area contributed by atoms with E-state index in [9.17, 15) is 5.11 Å². The van der Waals surface area contributed by atoms with Crippen molar-refractivity contribution in [1.29, 1.82) is 0 Å². The molecule has 118 valence electrons. The van der Waals surface area contributed by atoms with Gasteiger partial charge in [0, 0.05) is 25.3 Å². The fourth-order valence-electron chi connectivity index (χ4n) is 2.60. The van der Waals surface area contributed by atoms with Crippen molar-refractivity contribution in [3.05, 3.63) is 23.5 Å². The van der Waals surface area contributed by atoms with Crippen LogP contribution in [0, 0.1) is 6.92 Å². The highest BCUT2D eigenvalue weighted by molar-refractivity contribution is 5.51. The smallest absolute Gasteiger partial charge is 0.103 e. The molecule has 2 heterocycles. The molecule has 1 N–H and O–H groups in total. The van der Waals surface area contributed by atoms with Crippen LogP contribution in [0.4, 0.5) is 5.69 Å². The lowest BCUT2D eigenvalue weighted by atomic mass is 10.00. The molecule has 1 saturated heterocycles. The second kappa shape index (κ2) is 6.30. The molecule has 5 heteroatoms. The Hall–Kier alpha value is -1.17. The summed E-state index contributed by atoms with van der Waals surface area (Å²) in [7, 11) is 4.10. The minimum absolute atomic E-state index is 0.181. The fourth-order valence-corrected chi connectivity index (χ4v) is 2.60. The number of aliphatic hydroxyl groups is 1. The predicted molar refractivity (Wildman–Crippen MR) is 84.6 cm³/mol. The topological polar surface area (TPSA) is 48.8 Å². The van der Waals surface area contributed by atoms with Gasteiger partial charge in [-0.2, -0.15) is 0 Å². The third kappa shape index (κ3) is 4.15. The first-order valence-corrected chi connectivity index (χ1v) is 7.47. The zero-order valence-corrected chi connectivity index (χ0v) is 13.8. The standard InChI is InChI=1S/C16H27N3O2/c1-12-6-7-14(13(17-12)10-18(4)5)19-8-9-21-15(11-19)16(2,3)20/h6-7,15,20H,8-11H2,1-5H3/t15-/m0/s1. The van der Waals surface area contributed by atoms with Crippen molar-refractivity contribution < 1.29 is 9.84 Å². The highest BCUT2D eigenvalue weighted by Gasteiger charge is 2.33. The van der Waals surface area contributed by atoms with Gasteiger partial charge >= 0.3 is 0 Å². The van der Waals surface area contributed by atoms with Gasteiger partial charge in [-0.25, -0.2) is 0 Å². The molecule has 1 aromatic heterocycles. The normalized spacial score (nSPS) is 20.1. The van der Waals surface area contributed by atoms with Crippen molar-refractivity contribution in [2.75, 3.05) is 38.7 Å². The molecule has 2 rings (SSSR count). The third-order valence-corrected chi connectivity index (χ3v) is 3.75. The Labute approximate surface area is 127 Å². The van der Waals surface area contributed by atoms with Gasteiger partial charge in [0.05, 0.1) is 23.6 Å². The first-order valence-electron chi connectivity index (χ1n) is 7.47. The van der Waals surface area contributed by atoms with Gasteiger partial charge in [-0.1, -0.05) is 0 Å². The van der Waals surface area contributed by atoms with Gasteiger partial charge in [0.25, 0.3) is 0 Å². The molecular formula is C16H27N3O2. The fraction of sp³-hybridized carbons (Fsp3) is 0.688. The third-order valence-electron chi connectivity index (χ3n) is 3.75. The van der Waals surface area contributed by atoms with E-state index in [1.165, 1.54) is 0 Å². The van der Waals surface area contributed by atoms with Crippen molar-refractivity contribution in [2.24, 2.45) is 0 Å². The van der Waals surface area contributed by atoms with E-state index in [4.69, 9.17) is 4.74 Å². The second-order valence-electron chi connectivity index (χ2n) is 6.62. The zero-order chi connectivity index (χ0) is 15.6. The zero-order valence-electron chi connectivity index (χ0n) is 13.8. The van der Waals surface area contributed by atoms with E-state index in [0.29, 0.717) is 13.2 Å². The largest absolute Gasteiger partial charge is 0.388 e. The van der Waals surface area contributed by atoms with Gasteiger partial charge in [0.15, 0.2) is 0 Å². The first-order chi connectivity index (χ1) is 9.77. The SMILES string of the molecule is Cc1ccc(N2CCO[C@H](C(C)(C)O)C2)c(CN(C)C)n1. The number of rotatable bonds is 4. The number of hydrogen-bond acceptors (Lipinski definition) is 5. The number of morpholine rings is 1. The van der Waals surface area contributed by atoms with Gasteiger partial charge in [0.2, 0.25) is 0 Å². The van der Waals surface area contributed by atoms with Crippen LogP contribution in [0.5, 0.6) is 0 Å². The maximum absolute atomic E-state index is 10.2. The summed E-state index contributed by atoms with van der Waals surface area (Å²) in [6, 6.07) is 4.18. The Balaban J connectivity index is 2.24. The van der Waals surface area contributed by atoms with Crippen LogP contribution in [0.3, 0.4) is 0 Å². The van der Waals surface area contributed by atoms with Crippen LogP contribution in [-0.4, -0.2) is 60.5 Å². The number of aryl methyl sites for hydroxylation is 1. The van der Waals surface area contributed by atoms with Crippen molar-refractivity contribution in [1.82, 2.24) is 9.88 Å². The number of aromatic nitrogens is 1. The molecule has 5 nitrogen and oxygen atoms in total. The Kier molecular flexibility index (Phi) is 4.86. The quantitative estimate of drug-likeness (QED) is 0.910. The molecule has 0 aliphatic carbocycles. The van der Waals surface area contributed by atoms with Crippen LogP contribution in [0.1, 0.15) is 25.2 Å². The predicted octanol–water partition coefficient (Wildman–Crippen LogP) is 1.43. The minimum atomic E-state index is -0.835. The first kappa shape index (κ1) is 16.2. The minimum Gasteiger partial charge on any atom is -0.388 e. The highest BCUT2D eigenvalue weighted by atomic mass is 16.5. The van der Waals surface area contributed by atoms with E-state index in [2.05, 4.69) is 20.9 Å². The van der Waals surface area contributed by atoms with Crippen molar-refractivity contribution in [3.8, 4) is 0 Å². The van der Waals surface area contributed by atoms with E-state index in [-0.39, 0.29) is 6.10 Å². The maximum Gasteiger partial charge on any atom is 0.103 e. The highest BCUT2D eigenvalue weighted by Crippen LogP contribution is 2.25. The lowest BCUT2D eigenvalue weighted by Gasteiger charge is -2.40. The lowest BCUT2D eigenvalue weighted by Crippen LogP contribution is -2.52. The van der Waals surface area contributed by atoms with Crippen LogP contribution >= 0.6 is 0 Å². The molecule has 1 fully saturated rings. The summed E-state index contributed by atoms with van der Waals surface area (Å²) in [5.74, 6) is 0. The summed E-state index contributed by atoms with van der Waals surface area (Å²) in [5, 5.41) is 10.2. The Morgan fingerprint density at radius 1 is 1.43 bits per heavy atom. The summed E-state index contributed by atoms with van der Waals surface area (Å²) in [6.45, 7) is 8.57. The van der Waals surface area contributed by atoms with Crippen LogP contribution in [0.2, 0.25) is 0 Å². The van der Waals surface area contributed by atoms with Crippen LogP contribution in [-0.2, 0) is 11.3 Å². The van der Waals surface area contributed by atoms with Gasteiger partial charge in [0.1, 0.15) is 6.10 Å². The molecule has 1 atom stereocenters. The van der Waals surface area contributed by atoms with Crippen LogP contribution < -0.4 is 4.90 Å². The molecule has 0 aromatic carbocycles. The molecule has 1 aliphatic heterocycles. The summed E-state index contributed by atoms with van der Waals surface area (Å²) in [4.78, 5) is 9.09. The molecule has 0 saturated carbocycles. The molecule has 21 heavy (non-hydrogen) atoms. The van der Waals surface area contributed by atoms with Gasteiger partial charge in [-0.3, -0.25) is 4.98 Å². The molecular weight excluding hydrogens is 266 g/mol. The summed E-state index contributed by atoms with van der Waals surface area (Å²) >= 11 is 0. The average Bonchev–Trinajstić information content (AvgIpc) is 2.37. The molecule has 0 spiro atoms. The van der Waals surface area contributed by atoms with E-state index >= 15 is 0 Å². The van der Waals surface area contributed by atoms with Gasteiger partial charge < -0.3 is 19.6 Å². The number of pyridine rings is 1. The van der Waals surface area contributed by atoms with Crippen LogP contribution in [0.15, 0.2) is 12.1 Å². The van der Waals surface area contributed by atoms with E-state index in [1.807, 2.05) is 27.1 Å². The Bertz CT molecular complexity index is 483. The van der Waals surface area contributed by atoms with E-state index in [1.54, 1.807) is 13.8 Å². The Morgan fingerprint density at radius 3 is 2.76 bits per heavy atom. The average molecular weight is 293 g/mol. The molecule has 1 aromatic rings. The Morgan fingerprint density at radius 2 is 2.14 bits per heavy atom. The molecule has 0 radical (unpaired) electrons. The maximum atomic E-state index is 10.2. The molecule has 1 aliphatic rings. The van der Waals surface area contributed by atoms with Gasteiger partial charge in [-0.15, -0.1) is 0 Å². The number of ether oxygens (including phenoxy) is 1.